The second kappa shape index (κ2) is 18.8. The number of fused-ring (bicyclic) bond motifs is 3. The van der Waals surface area contributed by atoms with Gasteiger partial charge in [0.2, 0.25) is 0 Å². The number of hydrogen-bond donors (Lipinski definition) is 2. The summed E-state index contributed by atoms with van der Waals surface area (Å²) in [5.41, 5.74) is 3.13. The molecular weight excluding hydrogens is 947 g/mol. The summed E-state index contributed by atoms with van der Waals surface area (Å²) in [6.07, 6.45) is 17.2. The van der Waals surface area contributed by atoms with Crippen molar-refractivity contribution in [3.8, 4) is 17.2 Å². The first-order valence-corrected chi connectivity index (χ1v) is 25.5. The van der Waals surface area contributed by atoms with Gasteiger partial charge in [-0.05, 0) is 132 Å². The summed E-state index contributed by atoms with van der Waals surface area (Å²) in [6.45, 7) is 12.2. The molecule has 2 fully saturated rings. The fourth-order valence-corrected chi connectivity index (χ4v) is 11.7. The second-order valence-electron chi connectivity index (χ2n) is 20.9. The van der Waals surface area contributed by atoms with Gasteiger partial charge in [0.25, 0.3) is 5.91 Å². The van der Waals surface area contributed by atoms with Crippen molar-refractivity contribution >= 4 is 33.8 Å². The molecular formula is C56H60F2N10O6. The average molecular weight is 1010 g/mol. The number of aryl methyl sites for hydroxylation is 2. The topological polar surface area (TPSA) is 176 Å². The van der Waals surface area contributed by atoms with Crippen molar-refractivity contribution in [2.45, 2.75) is 109 Å². The van der Waals surface area contributed by atoms with Gasteiger partial charge in [0, 0.05) is 73.6 Å². The van der Waals surface area contributed by atoms with Crippen molar-refractivity contribution in [2.75, 3.05) is 19.8 Å². The van der Waals surface area contributed by atoms with E-state index < -0.39 is 34.8 Å². The van der Waals surface area contributed by atoms with Crippen LogP contribution in [0.2, 0.25) is 0 Å². The van der Waals surface area contributed by atoms with Crippen LogP contribution in [0.5, 0.6) is 0 Å². The third-order valence-electron chi connectivity index (χ3n) is 15.7. The van der Waals surface area contributed by atoms with Gasteiger partial charge in [-0.1, -0.05) is 35.9 Å². The maximum Gasteiger partial charge on any atom is 0.438 e. The lowest BCUT2D eigenvalue weighted by Gasteiger charge is -2.35. The molecule has 8 aromatic rings. The molecule has 11 rings (SSSR count). The van der Waals surface area contributed by atoms with E-state index in [0.717, 1.165) is 61.4 Å². The van der Waals surface area contributed by atoms with Crippen LogP contribution in [0.25, 0.3) is 45.1 Å². The van der Waals surface area contributed by atoms with Crippen molar-refractivity contribution in [2.24, 2.45) is 13.0 Å². The summed E-state index contributed by atoms with van der Waals surface area (Å²) < 4.78 is 51.2. The number of imidazole rings is 1. The molecule has 1 aliphatic carbocycles. The number of nitrogens with zero attached hydrogens (tertiary/aromatic N) is 9. The molecule has 1 saturated carbocycles. The van der Waals surface area contributed by atoms with Crippen LogP contribution in [-0.4, -0.2) is 84.7 Å². The Labute approximate surface area is 425 Å². The number of H-pyrrole nitrogens is 1. The Morgan fingerprint density at radius 1 is 1.00 bits per heavy atom. The molecule has 384 valence electrons. The number of hydrogen-bond acceptors (Lipinski definition) is 9. The molecule has 2 aliphatic heterocycles. The van der Waals surface area contributed by atoms with Gasteiger partial charge in [-0.2, -0.15) is 10.2 Å². The molecule has 0 unspecified atom stereocenters. The molecule has 2 N–H and O–H groups in total. The first-order chi connectivity index (χ1) is 35.6. The maximum atomic E-state index is 16.3. The van der Waals surface area contributed by atoms with Crippen LogP contribution in [0, 0.1) is 24.5 Å². The number of ether oxygens (including phenoxy) is 1. The summed E-state index contributed by atoms with van der Waals surface area (Å²) in [6, 6.07) is 14.0. The van der Waals surface area contributed by atoms with E-state index >= 15 is 13.6 Å². The average Bonchev–Trinajstić information content (AvgIpc) is 3.96. The largest absolute Gasteiger partial charge is 0.438 e. The number of carbonyl (C=O) groups is 1. The fraction of sp³-hybridized carbons (Fsp3) is 0.393. The zero-order valence-corrected chi connectivity index (χ0v) is 42.3. The van der Waals surface area contributed by atoms with Crippen molar-refractivity contribution in [3.05, 3.63) is 158 Å². The number of carbonyl (C=O) groups excluding carboxylic acids is 1. The molecule has 0 bridgehead atoms. The standard InChI is InChI=1S/C56H60F2N10O6/c1-7-8-9-10-11-12-13-14-36-27-40(25-33(2)48(36)57)68-50(66-23-22-65(54(66)72)45-18-17-44-41(49(45)58)31-59-63(44)6)47-34(3)64(21-19-42(47)61-68)51(70)46-28-38-26-35(37-20-24-73-55(4,5)29-37)15-16-43(38)67(46)56(30-39(56)32-69)52-60-53(71)74-62-52/h7,13-18,22-23,25-28,31,34,37,39,69H,1,8-12,19-21,24,29-30,32H2,2-6H3,(H,60,62,71)/b14-13-/t34-,37-,39+,56-/m0/s1. The number of benzene rings is 3. The van der Waals surface area contributed by atoms with Gasteiger partial charge in [0.15, 0.2) is 11.6 Å². The molecule has 3 aromatic carbocycles. The van der Waals surface area contributed by atoms with E-state index in [9.17, 15) is 14.7 Å². The third kappa shape index (κ3) is 8.18. The van der Waals surface area contributed by atoms with E-state index in [4.69, 9.17) is 14.4 Å². The predicted octanol–water partition coefficient (Wildman–Crippen LogP) is 9.26. The molecule has 0 radical (unpaired) electrons. The minimum atomic E-state index is -1.11. The minimum Gasteiger partial charge on any atom is -0.396 e. The van der Waals surface area contributed by atoms with E-state index in [1.165, 1.54) is 27.6 Å². The van der Waals surface area contributed by atoms with Gasteiger partial charge in [-0.3, -0.25) is 28.1 Å². The monoisotopic (exact) mass is 1010 g/mol. The van der Waals surface area contributed by atoms with Gasteiger partial charge in [-0.25, -0.2) is 23.1 Å². The van der Waals surface area contributed by atoms with Gasteiger partial charge < -0.3 is 19.3 Å². The van der Waals surface area contributed by atoms with Crippen LogP contribution in [0.1, 0.15) is 128 Å². The zero-order chi connectivity index (χ0) is 51.8. The molecule has 74 heavy (non-hydrogen) atoms. The number of nitrogens with one attached hydrogen (secondary N) is 1. The number of unbranched alkanes of at least 4 members (excludes halogenated alkanes) is 4. The summed E-state index contributed by atoms with van der Waals surface area (Å²) >= 11 is 0. The molecule has 1 amide bonds. The van der Waals surface area contributed by atoms with Crippen LogP contribution in [0.15, 0.2) is 100.0 Å². The number of rotatable bonds is 15. The van der Waals surface area contributed by atoms with Crippen molar-refractivity contribution in [1.82, 2.24) is 48.3 Å². The van der Waals surface area contributed by atoms with Gasteiger partial charge >= 0.3 is 11.4 Å². The van der Waals surface area contributed by atoms with E-state index in [0.29, 0.717) is 58.1 Å². The number of amides is 1. The Balaban J connectivity index is 1.04. The van der Waals surface area contributed by atoms with Crippen molar-refractivity contribution < 1.29 is 27.9 Å². The summed E-state index contributed by atoms with van der Waals surface area (Å²) in [5.74, 6) is -1.76. The highest BCUT2D eigenvalue weighted by atomic mass is 19.1. The van der Waals surface area contributed by atoms with E-state index in [-0.39, 0.29) is 59.7 Å². The van der Waals surface area contributed by atoms with Crippen LogP contribution in [-0.2, 0) is 23.7 Å². The molecule has 18 heteroatoms. The lowest BCUT2D eigenvalue weighted by atomic mass is 9.83. The summed E-state index contributed by atoms with van der Waals surface area (Å²) in [5, 5.41) is 25.3. The SMILES string of the molecule is C=CCCCCC/C=C\c1cc(-n2nc3c(c2-n2ccn(-c4ccc5c(cnn5C)c4F)c2=O)[C@H](C)N(C(=O)c2cc4cc([C@H]5CCOC(C)(C)C5)ccc4n2[C@@]2(c4noc(=O)[nH]4)C[C@@H]2CO)CC3)cc(C)c1F. The number of aromatic nitrogens is 9. The zero-order valence-electron chi connectivity index (χ0n) is 42.3. The van der Waals surface area contributed by atoms with E-state index in [1.807, 2.05) is 35.8 Å². The number of halogens is 2. The number of aromatic amines is 1. The number of aliphatic hydroxyl groups is 1. The van der Waals surface area contributed by atoms with Gasteiger partial charge in [0.05, 0.1) is 45.8 Å². The Kier molecular flexibility index (Phi) is 12.4. The molecule has 16 nitrogen and oxygen atoms in total. The Morgan fingerprint density at radius 2 is 1.80 bits per heavy atom. The first-order valence-electron chi connectivity index (χ1n) is 25.5. The highest BCUT2D eigenvalue weighted by Crippen LogP contribution is 2.56. The molecule has 1 saturated heterocycles. The lowest BCUT2D eigenvalue weighted by Crippen LogP contribution is -2.41. The number of aliphatic hydroxyl groups excluding tert-OH is 1. The molecule has 4 atom stereocenters. The Bertz CT molecular complexity index is 3660. The number of allylic oxidation sites excluding steroid dienone is 2. The Morgan fingerprint density at radius 3 is 2.55 bits per heavy atom. The first kappa shape index (κ1) is 48.8. The highest BCUT2D eigenvalue weighted by Gasteiger charge is 2.61. The minimum absolute atomic E-state index is 0.0220. The van der Waals surface area contributed by atoms with Crippen molar-refractivity contribution in [1.29, 1.82) is 0 Å². The van der Waals surface area contributed by atoms with Crippen molar-refractivity contribution in [3.63, 3.8) is 0 Å². The summed E-state index contributed by atoms with van der Waals surface area (Å²) in [4.78, 5) is 47.7. The van der Waals surface area contributed by atoms with Gasteiger partial charge in [0.1, 0.15) is 22.9 Å². The van der Waals surface area contributed by atoms with E-state index in [1.54, 1.807) is 58.7 Å². The van der Waals surface area contributed by atoms with Crippen LogP contribution < -0.4 is 11.4 Å². The smallest absolute Gasteiger partial charge is 0.396 e. The molecule has 0 spiro atoms. The third-order valence-corrected chi connectivity index (χ3v) is 15.7. The van der Waals surface area contributed by atoms with E-state index in [2.05, 4.69) is 47.8 Å². The molecule has 7 heterocycles. The van der Waals surface area contributed by atoms with Crippen LogP contribution in [0.3, 0.4) is 0 Å². The maximum absolute atomic E-state index is 16.3. The fourth-order valence-electron chi connectivity index (χ4n) is 11.7. The quantitative estimate of drug-likeness (QED) is 0.0749. The summed E-state index contributed by atoms with van der Waals surface area (Å²) in [7, 11) is 1.71. The second-order valence-corrected chi connectivity index (χ2v) is 20.9. The van der Waals surface area contributed by atoms with Gasteiger partial charge in [-0.15, -0.1) is 6.58 Å². The van der Waals surface area contributed by atoms with Crippen LogP contribution >= 0.6 is 0 Å². The molecule has 3 aliphatic rings. The lowest BCUT2D eigenvalue weighted by molar-refractivity contribution is -0.0592. The normalized spacial score (nSPS) is 20.5. The highest BCUT2D eigenvalue weighted by molar-refractivity contribution is 6.00. The molecule has 5 aromatic heterocycles. The Hall–Kier alpha value is -7.44. The predicted molar refractivity (Wildman–Crippen MR) is 276 cm³/mol. The van der Waals surface area contributed by atoms with Crippen LogP contribution in [0.4, 0.5) is 8.78 Å².